The van der Waals surface area contributed by atoms with Gasteiger partial charge in [-0.2, -0.15) is 0 Å². The summed E-state index contributed by atoms with van der Waals surface area (Å²) in [5, 5.41) is 0. The van der Waals surface area contributed by atoms with Crippen LogP contribution < -0.4 is 9.80 Å². The molecular weight excluding hydrogens is 384 g/mol. The van der Waals surface area contributed by atoms with Crippen LogP contribution in [0.3, 0.4) is 0 Å². The first-order chi connectivity index (χ1) is 15.1. The van der Waals surface area contributed by atoms with Crippen LogP contribution >= 0.6 is 0 Å². The van der Waals surface area contributed by atoms with Gasteiger partial charge >= 0.3 is 6.09 Å². The number of carbonyl (C=O) groups is 1. The molecule has 0 aliphatic rings. The molecular formula is C27H48N2O2. The lowest BCUT2D eigenvalue weighted by Crippen LogP contribution is -2.32. The molecule has 0 fully saturated rings. The van der Waals surface area contributed by atoms with Crippen LogP contribution in [0.25, 0.3) is 0 Å². The number of ether oxygens (including phenoxy) is 1. The summed E-state index contributed by atoms with van der Waals surface area (Å²) >= 11 is 0. The lowest BCUT2D eigenvalue weighted by atomic mass is 10.0. The first-order valence-electron chi connectivity index (χ1n) is 12.8. The molecule has 31 heavy (non-hydrogen) atoms. The Morgan fingerprint density at radius 1 is 0.742 bits per heavy atom. The topological polar surface area (TPSA) is 32.8 Å². The maximum absolute atomic E-state index is 12.5. The van der Waals surface area contributed by atoms with Crippen molar-refractivity contribution in [3.8, 4) is 0 Å². The number of benzene rings is 1. The van der Waals surface area contributed by atoms with E-state index in [0.717, 1.165) is 17.8 Å². The molecule has 1 aromatic carbocycles. The van der Waals surface area contributed by atoms with Crippen LogP contribution in [0.2, 0.25) is 0 Å². The second-order valence-electron chi connectivity index (χ2n) is 8.86. The fraction of sp³-hybridized carbons (Fsp3) is 0.741. The van der Waals surface area contributed by atoms with Crippen LogP contribution in [-0.4, -0.2) is 33.3 Å². The zero-order chi connectivity index (χ0) is 22.7. The first-order valence-corrected chi connectivity index (χ1v) is 12.8. The van der Waals surface area contributed by atoms with Crippen molar-refractivity contribution < 1.29 is 9.53 Å². The number of carbonyl (C=O) groups excluding carboxylic acids is 1. The average Bonchev–Trinajstić information content (AvgIpc) is 2.76. The number of amides is 1. The van der Waals surface area contributed by atoms with Crippen LogP contribution in [-0.2, 0) is 4.74 Å². The minimum atomic E-state index is -0.242. The molecule has 0 saturated heterocycles. The van der Waals surface area contributed by atoms with Crippen molar-refractivity contribution in [2.45, 2.75) is 104 Å². The summed E-state index contributed by atoms with van der Waals surface area (Å²) in [5.41, 5.74) is 2.01. The molecule has 0 spiro atoms. The highest BCUT2D eigenvalue weighted by molar-refractivity contribution is 5.88. The molecule has 0 N–H and O–H groups in total. The lowest BCUT2D eigenvalue weighted by Gasteiger charge is -2.23. The highest BCUT2D eigenvalue weighted by atomic mass is 16.6. The Bertz CT molecular complexity index is 574. The molecule has 0 aliphatic carbocycles. The highest BCUT2D eigenvalue weighted by Gasteiger charge is 2.17. The van der Waals surface area contributed by atoms with E-state index < -0.39 is 0 Å². The molecule has 0 atom stereocenters. The molecule has 1 amide bonds. The van der Waals surface area contributed by atoms with Crippen molar-refractivity contribution in [3.05, 3.63) is 24.3 Å². The summed E-state index contributed by atoms with van der Waals surface area (Å²) in [6.07, 6.45) is 18.5. The lowest BCUT2D eigenvalue weighted by molar-refractivity contribution is 0.159. The van der Waals surface area contributed by atoms with Gasteiger partial charge in [-0.3, -0.25) is 4.90 Å². The Balaban J connectivity index is 2.21. The number of hydrogen-bond acceptors (Lipinski definition) is 3. The minimum absolute atomic E-state index is 0.242. The van der Waals surface area contributed by atoms with E-state index in [1.165, 1.54) is 83.5 Å². The van der Waals surface area contributed by atoms with E-state index in [1.807, 2.05) is 33.2 Å². The number of anilines is 2. The Morgan fingerprint density at radius 3 is 1.71 bits per heavy atom. The smallest absolute Gasteiger partial charge is 0.414 e. The van der Waals surface area contributed by atoms with Crippen molar-refractivity contribution in [2.75, 3.05) is 37.0 Å². The van der Waals surface area contributed by atoms with E-state index in [4.69, 9.17) is 4.74 Å². The van der Waals surface area contributed by atoms with Gasteiger partial charge in [0.25, 0.3) is 0 Å². The Kier molecular flexibility index (Phi) is 15.8. The second-order valence-corrected chi connectivity index (χ2v) is 8.86. The quantitative estimate of drug-likeness (QED) is 0.219. The van der Waals surface area contributed by atoms with Gasteiger partial charge in [0.15, 0.2) is 0 Å². The molecule has 178 valence electrons. The maximum Gasteiger partial charge on any atom is 0.414 e. The molecule has 0 bridgehead atoms. The second kappa shape index (κ2) is 17.9. The van der Waals surface area contributed by atoms with E-state index in [-0.39, 0.29) is 6.09 Å². The number of hydrogen-bond donors (Lipinski definition) is 0. The molecule has 0 unspecified atom stereocenters. The van der Waals surface area contributed by atoms with E-state index in [0.29, 0.717) is 13.2 Å². The van der Waals surface area contributed by atoms with Gasteiger partial charge in [0, 0.05) is 32.0 Å². The van der Waals surface area contributed by atoms with Crippen molar-refractivity contribution in [3.63, 3.8) is 0 Å². The first kappa shape index (κ1) is 27.3. The van der Waals surface area contributed by atoms with Gasteiger partial charge in [0.1, 0.15) is 0 Å². The largest absolute Gasteiger partial charge is 0.449 e. The molecule has 0 saturated carbocycles. The van der Waals surface area contributed by atoms with Gasteiger partial charge in [0.05, 0.1) is 6.61 Å². The monoisotopic (exact) mass is 432 g/mol. The summed E-state index contributed by atoms with van der Waals surface area (Å²) in [4.78, 5) is 16.3. The van der Waals surface area contributed by atoms with Crippen molar-refractivity contribution in [1.29, 1.82) is 0 Å². The maximum atomic E-state index is 12.5. The molecule has 0 aliphatic heterocycles. The van der Waals surface area contributed by atoms with Crippen molar-refractivity contribution in [1.82, 2.24) is 0 Å². The van der Waals surface area contributed by atoms with E-state index in [1.54, 1.807) is 4.90 Å². The molecule has 4 heteroatoms. The number of unbranched alkanes of at least 4 members (excludes halogenated alkanes) is 13. The van der Waals surface area contributed by atoms with E-state index in [2.05, 4.69) is 24.0 Å². The van der Waals surface area contributed by atoms with Crippen LogP contribution in [0.5, 0.6) is 0 Å². The van der Waals surface area contributed by atoms with Gasteiger partial charge < -0.3 is 9.64 Å². The van der Waals surface area contributed by atoms with Gasteiger partial charge in [-0.05, 0) is 31.5 Å². The summed E-state index contributed by atoms with van der Waals surface area (Å²) < 4.78 is 5.30. The summed E-state index contributed by atoms with van der Waals surface area (Å²) in [7, 11) is 4.03. The summed E-state index contributed by atoms with van der Waals surface area (Å²) in [6, 6.07) is 8.11. The van der Waals surface area contributed by atoms with Gasteiger partial charge in [-0.25, -0.2) is 4.79 Å². The van der Waals surface area contributed by atoms with Crippen molar-refractivity contribution >= 4 is 17.5 Å². The van der Waals surface area contributed by atoms with Crippen LogP contribution in [0.1, 0.15) is 104 Å². The SMILES string of the molecule is CCCCCCCCCCCCCCCCN(C(=O)OCC)c1cccc(N(C)C)c1. The normalized spacial score (nSPS) is 10.8. The molecule has 1 aromatic rings. The average molecular weight is 433 g/mol. The van der Waals surface area contributed by atoms with Gasteiger partial charge in [-0.15, -0.1) is 0 Å². The van der Waals surface area contributed by atoms with Gasteiger partial charge in [0.2, 0.25) is 0 Å². The predicted molar refractivity (Wildman–Crippen MR) is 135 cm³/mol. The van der Waals surface area contributed by atoms with Crippen LogP contribution in [0.4, 0.5) is 16.2 Å². The van der Waals surface area contributed by atoms with Crippen LogP contribution in [0.15, 0.2) is 24.3 Å². The van der Waals surface area contributed by atoms with Crippen molar-refractivity contribution in [2.24, 2.45) is 0 Å². The molecule has 4 nitrogen and oxygen atoms in total. The Labute approximate surface area is 192 Å². The third-order valence-corrected chi connectivity index (χ3v) is 5.88. The van der Waals surface area contributed by atoms with Crippen LogP contribution in [0, 0.1) is 0 Å². The zero-order valence-electron chi connectivity index (χ0n) is 20.8. The number of nitrogens with zero attached hydrogens (tertiary/aromatic N) is 2. The third kappa shape index (κ3) is 12.7. The fourth-order valence-corrected chi connectivity index (χ4v) is 3.93. The zero-order valence-corrected chi connectivity index (χ0v) is 20.8. The van der Waals surface area contributed by atoms with E-state index >= 15 is 0 Å². The Hall–Kier alpha value is -1.71. The molecule has 0 aromatic heterocycles. The number of rotatable bonds is 18. The fourth-order valence-electron chi connectivity index (χ4n) is 3.93. The van der Waals surface area contributed by atoms with Gasteiger partial charge in [-0.1, -0.05) is 96.5 Å². The molecule has 1 rings (SSSR count). The minimum Gasteiger partial charge on any atom is -0.449 e. The molecule has 0 heterocycles. The highest BCUT2D eigenvalue weighted by Crippen LogP contribution is 2.23. The Morgan fingerprint density at radius 2 is 1.23 bits per heavy atom. The predicted octanol–water partition coefficient (Wildman–Crippen LogP) is 8.20. The third-order valence-electron chi connectivity index (χ3n) is 5.88. The summed E-state index contributed by atoms with van der Waals surface area (Å²) in [5.74, 6) is 0. The molecule has 0 radical (unpaired) electrons. The summed E-state index contributed by atoms with van der Waals surface area (Å²) in [6.45, 7) is 5.26. The van der Waals surface area contributed by atoms with E-state index in [9.17, 15) is 4.79 Å². The standard InChI is InChI=1S/C27H48N2O2/c1-5-7-8-9-10-11-12-13-14-15-16-17-18-19-23-29(27(30)31-6-2)26-22-20-21-25(24-26)28(3)4/h20-22,24H,5-19,23H2,1-4H3.